The van der Waals surface area contributed by atoms with Gasteiger partial charge >= 0.3 is 5.95 Å². The van der Waals surface area contributed by atoms with Crippen molar-refractivity contribution in [1.29, 1.82) is 0 Å². The van der Waals surface area contributed by atoms with E-state index in [2.05, 4.69) is 20.9 Å². The van der Waals surface area contributed by atoms with Crippen molar-refractivity contribution in [2.24, 2.45) is 7.05 Å². The summed E-state index contributed by atoms with van der Waals surface area (Å²) >= 11 is 0. The number of rotatable bonds is 3. The quantitative estimate of drug-likeness (QED) is 0.640. The van der Waals surface area contributed by atoms with Gasteiger partial charge in [0.05, 0.1) is 13.6 Å². The minimum absolute atomic E-state index is 0.321. The lowest BCUT2D eigenvalue weighted by atomic mass is 10.1. The van der Waals surface area contributed by atoms with E-state index in [0.29, 0.717) is 12.3 Å². The maximum absolute atomic E-state index is 9.87. The molecule has 1 heterocycles. The number of hydrogen-bond acceptors (Lipinski definition) is 2. The average Bonchev–Trinajstić information content (AvgIpc) is 2.77. The molecule has 0 amide bonds. The Labute approximate surface area is 117 Å². The smallest absolute Gasteiger partial charge is 0.356 e. The van der Waals surface area contributed by atoms with Crippen LogP contribution in [0.3, 0.4) is 0 Å². The molecule has 20 heavy (non-hydrogen) atoms. The number of H-pyrrole nitrogens is 1. The topological polar surface area (TPSA) is 51.9 Å². The molecule has 0 fully saturated rings. The Hall–Kier alpha value is -2.49. The zero-order valence-corrected chi connectivity index (χ0v) is 11.6. The summed E-state index contributed by atoms with van der Waals surface area (Å²) in [5.41, 5.74) is 4.26. The fourth-order valence-corrected chi connectivity index (χ4v) is 2.40. The Balaban J connectivity index is 1.87. The van der Waals surface area contributed by atoms with Crippen molar-refractivity contribution in [2.75, 3.05) is 5.32 Å². The van der Waals surface area contributed by atoms with E-state index >= 15 is 0 Å². The Morgan fingerprint density at radius 1 is 1.20 bits per heavy atom. The van der Waals surface area contributed by atoms with Crippen LogP contribution in [0, 0.1) is 6.92 Å². The molecule has 0 spiro atoms. The first-order chi connectivity index (χ1) is 9.65. The normalized spacial score (nSPS) is 10.9. The molecule has 0 bridgehead atoms. The van der Waals surface area contributed by atoms with Crippen molar-refractivity contribution in [2.45, 2.75) is 13.5 Å². The fraction of sp³-hybridized carbons (Fsp3) is 0.188. The second-order valence-corrected chi connectivity index (χ2v) is 5.04. The zero-order chi connectivity index (χ0) is 14.1. The van der Waals surface area contributed by atoms with E-state index in [1.807, 2.05) is 44.3 Å². The molecule has 4 nitrogen and oxygen atoms in total. The number of fused-ring (bicyclic) bond motifs is 1. The van der Waals surface area contributed by atoms with Crippen molar-refractivity contribution in [3.8, 4) is 5.75 Å². The minimum Gasteiger partial charge on any atom is -0.508 e. The number of anilines is 1. The molecular formula is C16H18N3O+. The number of benzene rings is 2. The Morgan fingerprint density at radius 2 is 2.00 bits per heavy atom. The SMILES string of the molecule is Cc1ccc(O)c(CNc2[nH]c3ccccc3[n+]2C)c1. The van der Waals surface area contributed by atoms with Gasteiger partial charge in [-0.05, 0) is 31.2 Å². The number of phenols is 1. The summed E-state index contributed by atoms with van der Waals surface area (Å²) in [7, 11) is 2.01. The summed E-state index contributed by atoms with van der Waals surface area (Å²) in [4.78, 5) is 3.34. The Morgan fingerprint density at radius 3 is 2.80 bits per heavy atom. The van der Waals surface area contributed by atoms with E-state index in [-0.39, 0.29) is 0 Å². The first-order valence-electron chi connectivity index (χ1n) is 6.64. The van der Waals surface area contributed by atoms with Crippen molar-refractivity contribution >= 4 is 17.0 Å². The molecule has 2 aromatic carbocycles. The van der Waals surface area contributed by atoms with Gasteiger partial charge in [0, 0.05) is 5.56 Å². The van der Waals surface area contributed by atoms with Crippen LogP contribution in [0.25, 0.3) is 11.0 Å². The first-order valence-corrected chi connectivity index (χ1v) is 6.64. The number of nitrogens with one attached hydrogen (secondary N) is 2. The minimum atomic E-state index is 0.321. The van der Waals surface area contributed by atoms with Gasteiger partial charge in [-0.3, -0.25) is 5.32 Å². The maximum atomic E-state index is 9.87. The van der Waals surface area contributed by atoms with E-state index in [1.54, 1.807) is 6.07 Å². The van der Waals surface area contributed by atoms with E-state index in [9.17, 15) is 5.11 Å². The number of aromatic hydroxyl groups is 1. The highest BCUT2D eigenvalue weighted by atomic mass is 16.3. The zero-order valence-electron chi connectivity index (χ0n) is 11.6. The first kappa shape index (κ1) is 12.5. The number of aromatic nitrogens is 2. The lowest BCUT2D eigenvalue weighted by molar-refractivity contribution is -0.630. The van der Waals surface area contributed by atoms with Crippen LogP contribution in [0.15, 0.2) is 42.5 Å². The number of imidazole rings is 1. The molecule has 0 radical (unpaired) electrons. The van der Waals surface area contributed by atoms with Gasteiger partial charge in [0.25, 0.3) is 0 Å². The van der Waals surface area contributed by atoms with Crippen LogP contribution in [0.4, 0.5) is 5.95 Å². The van der Waals surface area contributed by atoms with Crippen LogP contribution in [0.2, 0.25) is 0 Å². The monoisotopic (exact) mass is 268 g/mol. The lowest BCUT2D eigenvalue weighted by Gasteiger charge is -2.04. The number of nitrogens with zero attached hydrogens (tertiary/aromatic N) is 1. The molecule has 4 heteroatoms. The molecule has 0 atom stereocenters. The summed E-state index contributed by atoms with van der Waals surface area (Å²) in [6, 6.07) is 13.8. The third-order valence-corrected chi connectivity index (χ3v) is 3.54. The Kier molecular flexibility index (Phi) is 3.06. The van der Waals surface area contributed by atoms with E-state index in [0.717, 1.165) is 28.1 Å². The van der Waals surface area contributed by atoms with E-state index in [4.69, 9.17) is 0 Å². The van der Waals surface area contributed by atoms with Crippen LogP contribution >= 0.6 is 0 Å². The Bertz CT molecular complexity index is 762. The van der Waals surface area contributed by atoms with Crippen LogP contribution in [0.5, 0.6) is 5.75 Å². The van der Waals surface area contributed by atoms with Crippen molar-refractivity contribution in [3.05, 3.63) is 53.6 Å². The number of aryl methyl sites for hydroxylation is 2. The molecule has 3 rings (SSSR count). The highest BCUT2D eigenvalue weighted by Gasteiger charge is 2.13. The molecule has 1 aromatic heterocycles. The van der Waals surface area contributed by atoms with Crippen LogP contribution in [0.1, 0.15) is 11.1 Å². The third kappa shape index (κ3) is 2.20. The summed E-state index contributed by atoms with van der Waals surface area (Å²) in [6.07, 6.45) is 0. The van der Waals surface area contributed by atoms with Gasteiger partial charge in [-0.25, -0.2) is 9.55 Å². The molecule has 0 aliphatic rings. The molecule has 0 unspecified atom stereocenters. The molecule has 0 saturated heterocycles. The highest BCUT2D eigenvalue weighted by molar-refractivity contribution is 5.72. The van der Waals surface area contributed by atoms with Crippen LogP contribution < -0.4 is 9.88 Å². The fourth-order valence-electron chi connectivity index (χ4n) is 2.40. The van der Waals surface area contributed by atoms with E-state index in [1.165, 1.54) is 0 Å². The van der Waals surface area contributed by atoms with Gasteiger partial charge in [-0.15, -0.1) is 0 Å². The van der Waals surface area contributed by atoms with Gasteiger partial charge in [-0.2, -0.15) is 0 Å². The molecule has 3 aromatic rings. The highest BCUT2D eigenvalue weighted by Crippen LogP contribution is 2.19. The van der Waals surface area contributed by atoms with Gasteiger partial charge < -0.3 is 5.11 Å². The number of hydrogen-bond donors (Lipinski definition) is 3. The van der Waals surface area contributed by atoms with Crippen molar-refractivity contribution < 1.29 is 9.67 Å². The molecule has 3 N–H and O–H groups in total. The summed E-state index contributed by atoms with van der Waals surface area (Å²) in [5, 5.41) is 13.2. The summed E-state index contributed by atoms with van der Waals surface area (Å²) in [6.45, 7) is 2.60. The predicted octanol–water partition coefficient (Wildman–Crippen LogP) is 2.62. The lowest BCUT2D eigenvalue weighted by Crippen LogP contribution is -2.30. The van der Waals surface area contributed by atoms with Crippen LogP contribution in [-0.2, 0) is 13.6 Å². The van der Waals surface area contributed by atoms with Gasteiger partial charge in [0.2, 0.25) is 0 Å². The largest absolute Gasteiger partial charge is 0.508 e. The average molecular weight is 268 g/mol. The molecule has 0 saturated carbocycles. The molecule has 0 aliphatic carbocycles. The van der Waals surface area contributed by atoms with Gasteiger partial charge in [-0.1, -0.05) is 23.8 Å². The predicted molar refractivity (Wildman–Crippen MR) is 79.6 cm³/mol. The van der Waals surface area contributed by atoms with Gasteiger partial charge in [0.15, 0.2) is 0 Å². The van der Waals surface area contributed by atoms with Crippen molar-refractivity contribution in [1.82, 2.24) is 4.98 Å². The second kappa shape index (κ2) is 4.89. The maximum Gasteiger partial charge on any atom is 0.356 e. The number of aromatic amines is 1. The number of para-hydroxylation sites is 2. The summed E-state index contributed by atoms with van der Waals surface area (Å²) in [5.74, 6) is 1.24. The third-order valence-electron chi connectivity index (χ3n) is 3.54. The molecule has 0 aliphatic heterocycles. The van der Waals surface area contributed by atoms with Gasteiger partial charge in [0.1, 0.15) is 16.8 Å². The standard InChI is InChI=1S/C16H17N3O/c1-11-7-8-15(20)12(9-11)10-17-16-18-13-5-3-4-6-14(13)19(16)2/h3-9H,10H2,1-2H3,(H2,17,18,20)/p+1. The summed E-state index contributed by atoms with van der Waals surface area (Å²) < 4.78 is 2.07. The van der Waals surface area contributed by atoms with Crippen LogP contribution in [-0.4, -0.2) is 10.1 Å². The molecular weight excluding hydrogens is 250 g/mol. The van der Waals surface area contributed by atoms with E-state index < -0.39 is 0 Å². The van der Waals surface area contributed by atoms with Crippen molar-refractivity contribution in [3.63, 3.8) is 0 Å². The number of phenolic OH excluding ortho intramolecular Hbond substituents is 1. The second-order valence-electron chi connectivity index (χ2n) is 5.04. The molecule has 102 valence electrons.